The standard InChI is InChI=1S/C32H32N6O.ClH/c33-20-26-6-10-28(11-7-26)22-35-18-19-36(25-35)24-32(39)38(23-29-12-8-27(21-34)9-13-29)31-14-16-37(17-15-31)30-4-2-1-3-5-30;/h1-13,18-19,31H,14-17,22-25H2;1H. The number of halogens is 1. The Morgan fingerprint density at radius 3 is 1.98 bits per heavy atom. The number of nitriles is 2. The van der Waals surface area contributed by atoms with Crippen molar-refractivity contribution in [2.24, 2.45) is 0 Å². The summed E-state index contributed by atoms with van der Waals surface area (Å²) in [4.78, 5) is 22.4. The normalized spacial score (nSPS) is 14.8. The van der Waals surface area contributed by atoms with Crippen LogP contribution < -0.4 is 4.90 Å². The molecule has 3 aromatic rings. The van der Waals surface area contributed by atoms with Crippen molar-refractivity contribution in [3.05, 3.63) is 114 Å². The highest BCUT2D eigenvalue weighted by atomic mass is 35.5. The van der Waals surface area contributed by atoms with Crippen molar-refractivity contribution in [3.8, 4) is 12.1 Å². The summed E-state index contributed by atoms with van der Waals surface area (Å²) in [5.41, 5.74) is 4.66. The minimum Gasteiger partial charge on any atom is -0.371 e. The first kappa shape index (κ1) is 28.5. The number of para-hydroxylation sites is 1. The molecule has 0 aliphatic carbocycles. The maximum absolute atomic E-state index is 13.7. The number of carbonyl (C=O) groups excluding carboxylic acids is 1. The van der Waals surface area contributed by atoms with Gasteiger partial charge >= 0.3 is 0 Å². The molecule has 40 heavy (non-hydrogen) atoms. The smallest absolute Gasteiger partial charge is 0.242 e. The molecule has 7 nitrogen and oxygen atoms in total. The predicted octanol–water partition coefficient (Wildman–Crippen LogP) is 5.10. The lowest BCUT2D eigenvalue weighted by Gasteiger charge is -2.40. The summed E-state index contributed by atoms with van der Waals surface area (Å²) < 4.78 is 0. The van der Waals surface area contributed by atoms with E-state index in [1.807, 2.05) is 71.9 Å². The maximum Gasteiger partial charge on any atom is 0.242 e. The van der Waals surface area contributed by atoms with Crippen molar-refractivity contribution in [2.45, 2.75) is 32.0 Å². The topological polar surface area (TPSA) is 77.6 Å². The minimum absolute atomic E-state index is 0. The minimum atomic E-state index is 0. The molecule has 1 saturated heterocycles. The highest BCUT2D eigenvalue weighted by Gasteiger charge is 2.29. The van der Waals surface area contributed by atoms with E-state index in [2.05, 4.69) is 51.1 Å². The van der Waals surface area contributed by atoms with E-state index in [-0.39, 0.29) is 24.4 Å². The molecular formula is C32H33ClN6O. The molecule has 1 fully saturated rings. The van der Waals surface area contributed by atoms with Gasteiger partial charge in [-0.3, -0.25) is 4.79 Å². The third-order valence-electron chi connectivity index (χ3n) is 7.44. The Morgan fingerprint density at radius 1 is 0.800 bits per heavy atom. The van der Waals surface area contributed by atoms with Crippen LogP contribution in [0.3, 0.4) is 0 Å². The summed E-state index contributed by atoms with van der Waals surface area (Å²) in [6.45, 7) is 4.03. The van der Waals surface area contributed by atoms with Crippen molar-refractivity contribution in [1.82, 2.24) is 14.7 Å². The number of hydrogen-bond acceptors (Lipinski definition) is 6. The Hall–Kier alpha value is -4.46. The molecule has 0 saturated carbocycles. The van der Waals surface area contributed by atoms with Gasteiger partial charge in [-0.2, -0.15) is 10.5 Å². The molecule has 2 aliphatic rings. The first-order chi connectivity index (χ1) is 19.1. The van der Waals surface area contributed by atoms with Crippen LogP contribution in [0.2, 0.25) is 0 Å². The molecule has 204 valence electrons. The average Bonchev–Trinajstić information content (AvgIpc) is 3.43. The first-order valence-corrected chi connectivity index (χ1v) is 13.4. The summed E-state index contributed by atoms with van der Waals surface area (Å²) >= 11 is 0. The Labute approximate surface area is 242 Å². The van der Waals surface area contributed by atoms with Gasteiger partial charge in [0.1, 0.15) is 0 Å². The van der Waals surface area contributed by atoms with Gasteiger partial charge in [0.15, 0.2) is 0 Å². The number of carbonyl (C=O) groups is 1. The maximum atomic E-state index is 13.7. The summed E-state index contributed by atoms with van der Waals surface area (Å²) in [6.07, 6.45) is 5.84. The monoisotopic (exact) mass is 552 g/mol. The van der Waals surface area contributed by atoms with Crippen molar-refractivity contribution >= 4 is 24.0 Å². The van der Waals surface area contributed by atoms with Crippen molar-refractivity contribution in [3.63, 3.8) is 0 Å². The zero-order valence-electron chi connectivity index (χ0n) is 22.4. The van der Waals surface area contributed by atoms with E-state index in [1.165, 1.54) is 5.69 Å². The molecule has 2 aliphatic heterocycles. The molecule has 3 aromatic carbocycles. The third-order valence-corrected chi connectivity index (χ3v) is 7.44. The van der Waals surface area contributed by atoms with E-state index in [4.69, 9.17) is 5.26 Å². The van der Waals surface area contributed by atoms with Crippen LogP contribution in [0.1, 0.15) is 35.1 Å². The number of rotatable bonds is 8. The van der Waals surface area contributed by atoms with Gasteiger partial charge in [0.2, 0.25) is 5.91 Å². The van der Waals surface area contributed by atoms with Gasteiger partial charge in [0.25, 0.3) is 0 Å². The van der Waals surface area contributed by atoms with E-state index in [9.17, 15) is 10.1 Å². The van der Waals surface area contributed by atoms with Gasteiger partial charge in [-0.05, 0) is 60.4 Å². The summed E-state index contributed by atoms with van der Waals surface area (Å²) in [6, 6.07) is 30.1. The molecule has 0 aromatic heterocycles. The number of amides is 1. The van der Waals surface area contributed by atoms with Gasteiger partial charge < -0.3 is 19.6 Å². The fourth-order valence-corrected chi connectivity index (χ4v) is 5.28. The van der Waals surface area contributed by atoms with Crippen LogP contribution in [-0.2, 0) is 17.9 Å². The second kappa shape index (κ2) is 13.6. The van der Waals surface area contributed by atoms with Crippen LogP contribution in [-0.4, -0.2) is 53.0 Å². The van der Waals surface area contributed by atoms with Gasteiger partial charge in [-0.15, -0.1) is 12.4 Å². The highest BCUT2D eigenvalue weighted by Crippen LogP contribution is 2.24. The number of piperidine rings is 1. The molecule has 0 unspecified atom stereocenters. The molecular weight excluding hydrogens is 520 g/mol. The number of nitrogens with zero attached hydrogens (tertiary/aromatic N) is 6. The number of anilines is 1. The van der Waals surface area contributed by atoms with Crippen LogP contribution in [0.4, 0.5) is 5.69 Å². The molecule has 0 radical (unpaired) electrons. The SMILES string of the molecule is Cl.N#Cc1ccc(CN2C=CN(CC(=O)N(Cc3ccc(C#N)cc3)C3CCN(c4ccccc4)CC3)C2)cc1. The Balaban J connectivity index is 0.00000370. The molecule has 5 rings (SSSR count). The van der Waals surface area contributed by atoms with E-state index in [1.54, 1.807) is 0 Å². The van der Waals surface area contributed by atoms with E-state index < -0.39 is 0 Å². The Morgan fingerprint density at radius 2 is 1.38 bits per heavy atom. The van der Waals surface area contributed by atoms with Crippen LogP contribution in [0.25, 0.3) is 0 Å². The largest absolute Gasteiger partial charge is 0.371 e. The quantitative estimate of drug-likeness (QED) is 0.387. The lowest BCUT2D eigenvalue weighted by molar-refractivity contribution is -0.135. The van der Waals surface area contributed by atoms with Crippen LogP contribution in [0.15, 0.2) is 91.3 Å². The van der Waals surface area contributed by atoms with Crippen LogP contribution >= 0.6 is 12.4 Å². The predicted molar refractivity (Wildman–Crippen MR) is 158 cm³/mol. The molecule has 0 N–H and O–H groups in total. The fourth-order valence-electron chi connectivity index (χ4n) is 5.28. The van der Waals surface area contributed by atoms with Gasteiger partial charge in [-0.1, -0.05) is 42.5 Å². The van der Waals surface area contributed by atoms with Crippen molar-refractivity contribution in [1.29, 1.82) is 10.5 Å². The highest BCUT2D eigenvalue weighted by molar-refractivity contribution is 5.85. The number of hydrogen-bond donors (Lipinski definition) is 0. The molecule has 0 atom stereocenters. The molecule has 0 bridgehead atoms. The number of benzene rings is 3. The van der Waals surface area contributed by atoms with Gasteiger partial charge in [-0.25, -0.2) is 0 Å². The second-order valence-electron chi connectivity index (χ2n) is 10.1. The lowest BCUT2D eigenvalue weighted by atomic mass is 10.0. The fraction of sp³-hybridized carbons (Fsp3) is 0.281. The van der Waals surface area contributed by atoms with Crippen molar-refractivity contribution < 1.29 is 4.79 Å². The zero-order chi connectivity index (χ0) is 27.0. The Kier molecular flexibility index (Phi) is 9.67. The van der Waals surface area contributed by atoms with E-state index in [0.29, 0.717) is 30.9 Å². The summed E-state index contributed by atoms with van der Waals surface area (Å²) in [7, 11) is 0. The van der Waals surface area contributed by atoms with Crippen molar-refractivity contribution in [2.75, 3.05) is 31.2 Å². The first-order valence-electron chi connectivity index (χ1n) is 13.4. The van der Waals surface area contributed by atoms with Gasteiger partial charge in [0.05, 0.1) is 36.5 Å². The van der Waals surface area contributed by atoms with Crippen LogP contribution in [0.5, 0.6) is 0 Å². The molecule has 2 heterocycles. The van der Waals surface area contributed by atoms with Crippen LogP contribution in [0, 0.1) is 22.7 Å². The van der Waals surface area contributed by atoms with Gasteiger partial charge in [0, 0.05) is 50.3 Å². The molecule has 0 spiro atoms. The molecule has 8 heteroatoms. The third kappa shape index (κ3) is 7.14. The van der Waals surface area contributed by atoms with E-state index >= 15 is 0 Å². The van der Waals surface area contributed by atoms with E-state index in [0.717, 1.165) is 43.6 Å². The Bertz CT molecular complexity index is 1370. The lowest BCUT2D eigenvalue weighted by Crippen LogP contribution is -2.49. The molecule has 1 amide bonds. The zero-order valence-corrected chi connectivity index (χ0v) is 23.2. The average molecular weight is 553 g/mol. The second-order valence-corrected chi connectivity index (χ2v) is 10.1. The summed E-state index contributed by atoms with van der Waals surface area (Å²) in [5.74, 6) is 0.113. The summed E-state index contributed by atoms with van der Waals surface area (Å²) in [5, 5.41) is 18.2.